The molecule has 0 aromatic heterocycles. The molecule has 0 saturated heterocycles. The first-order chi connectivity index (χ1) is 13.2. The third kappa shape index (κ3) is 10.6. The summed E-state index contributed by atoms with van der Waals surface area (Å²) in [5.41, 5.74) is 0. The van der Waals surface area contributed by atoms with Gasteiger partial charge in [-0.3, -0.25) is 0 Å². The first-order valence-electron chi connectivity index (χ1n) is 11.7. The number of hydrogen-bond donors (Lipinski definition) is 0. The van der Waals surface area contributed by atoms with Crippen LogP contribution in [0.2, 0.25) is 10.6 Å². The van der Waals surface area contributed by atoms with E-state index >= 15 is 0 Å². The molecule has 0 spiro atoms. The second-order valence-corrected chi connectivity index (χ2v) is 11.3. The topological polar surface area (TPSA) is 36.9 Å². The van der Waals surface area contributed by atoms with Gasteiger partial charge in [0.25, 0.3) is 0 Å². The number of hydrogen-bond acceptors (Lipinski definition) is 4. The maximum absolute atomic E-state index is 6.57. The molecule has 0 bridgehead atoms. The van der Waals surface area contributed by atoms with Crippen molar-refractivity contribution >= 4 is 14.1 Å². The quantitative estimate of drug-likeness (QED) is 0.135. The molecule has 0 unspecified atom stereocenters. The monoisotopic (exact) mass is 402 g/mol. The molecule has 0 aromatic rings. The fourth-order valence-electron chi connectivity index (χ4n) is 3.17. The van der Waals surface area contributed by atoms with Gasteiger partial charge in [0.15, 0.2) is 6.29 Å². The Hall–Kier alpha value is 0.372. The minimum absolute atomic E-state index is 0.402. The van der Waals surface area contributed by atoms with Gasteiger partial charge in [0, 0.05) is 26.4 Å². The number of ether oxygens (including phenoxy) is 4. The average Bonchev–Trinajstić information content (AvgIpc) is 2.68. The molecule has 0 saturated carbocycles. The summed E-state index contributed by atoms with van der Waals surface area (Å²) in [5.74, 6) is 0. The van der Waals surface area contributed by atoms with E-state index in [1.54, 1.807) is 0 Å². The SMILES string of the molecule is CCCCOC(OCCCC)[C](OCCCC)(OCCCC)[Al]([CH2]C)[CH2]C. The Morgan fingerprint density at radius 2 is 0.963 bits per heavy atom. The summed E-state index contributed by atoms with van der Waals surface area (Å²) in [6, 6.07) is 0. The second-order valence-electron chi connectivity index (χ2n) is 7.42. The molecule has 0 heterocycles. The first kappa shape index (κ1) is 27.4. The van der Waals surface area contributed by atoms with E-state index in [-0.39, 0.29) is 0 Å². The fourth-order valence-corrected chi connectivity index (χ4v) is 6.17. The Labute approximate surface area is 174 Å². The van der Waals surface area contributed by atoms with E-state index < -0.39 is 25.1 Å². The van der Waals surface area contributed by atoms with E-state index in [1.165, 1.54) is 0 Å². The summed E-state index contributed by atoms with van der Waals surface area (Å²) in [5, 5.41) is 2.25. The van der Waals surface area contributed by atoms with Crippen molar-refractivity contribution in [1.82, 2.24) is 0 Å². The Kier molecular flexibility index (Phi) is 18.7. The van der Waals surface area contributed by atoms with Crippen LogP contribution in [0.4, 0.5) is 0 Å². The molecule has 4 nitrogen and oxygen atoms in total. The highest BCUT2D eigenvalue weighted by Gasteiger charge is 2.51. The van der Waals surface area contributed by atoms with Crippen molar-refractivity contribution in [3.8, 4) is 0 Å². The summed E-state index contributed by atoms with van der Waals surface area (Å²) < 4.78 is 25.1. The van der Waals surface area contributed by atoms with Gasteiger partial charge in [-0.15, -0.1) is 0 Å². The smallest absolute Gasteiger partial charge is 0.360 e. The van der Waals surface area contributed by atoms with Gasteiger partial charge in [-0.05, 0) is 25.7 Å². The van der Waals surface area contributed by atoms with Crippen molar-refractivity contribution in [3.63, 3.8) is 0 Å². The lowest BCUT2D eigenvalue weighted by Gasteiger charge is -2.43. The van der Waals surface area contributed by atoms with E-state index in [0.717, 1.165) is 75.1 Å². The molecule has 5 heteroatoms. The van der Waals surface area contributed by atoms with Gasteiger partial charge in [-0.2, -0.15) is 0 Å². The van der Waals surface area contributed by atoms with Crippen molar-refractivity contribution in [2.75, 3.05) is 26.4 Å². The van der Waals surface area contributed by atoms with Crippen molar-refractivity contribution in [1.29, 1.82) is 0 Å². The van der Waals surface area contributed by atoms with Gasteiger partial charge in [0.05, 0.1) is 0 Å². The van der Waals surface area contributed by atoms with Crippen LogP contribution in [0.3, 0.4) is 0 Å². The molecule has 0 rings (SSSR count). The first-order valence-corrected chi connectivity index (χ1v) is 13.9. The molecule has 0 aliphatic rings. The summed E-state index contributed by atoms with van der Waals surface area (Å²) in [7, 11) is 0. The molecule has 0 amide bonds. The van der Waals surface area contributed by atoms with E-state index in [1.807, 2.05) is 0 Å². The zero-order valence-electron chi connectivity index (χ0n) is 19.2. The van der Waals surface area contributed by atoms with Crippen LogP contribution in [0.5, 0.6) is 0 Å². The molecule has 0 aliphatic heterocycles. The summed E-state index contributed by atoms with van der Waals surface area (Å²) in [6.07, 6.45) is 8.24. The van der Waals surface area contributed by atoms with Gasteiger partial charge >= 0.3 is 14.1 Å². The predicted molar refractivity (Wildman–Crippen MR) is 117 cm³/mol. The fraction of sp³-hybridized carbons (Fsp3) is 1.00. The zero-order valence-corrected chi connectivity index (χ0v) is 20.3. The molecule has 0 fully saturated rings. The normalized spacial score (nSPS) is 12.1. The average molecular weight is 403 g/mol. The van der Waals surface area contributed by atoms with Gasteiger partial charge in [0.2, 0.25) is 0 Å². The Morgan fingerprint density at radius 3 is 1.30 bits per heavy atom. The lowest BCUT2D eigenvalue weighted by Crippen LogP contribution is -2.60. The molecular weight excluding hydrogens is 355 g/mol. The molecule has 0 radical (unpaired) electrons. The molecule has 0 N–H and O–H groups in total. The molecule has 0 aliphatic carbocycles. The van der Waals surface area contributed by atoms with Gasteiger partial charge in [0.1, 0.15) is 4.65 Å². The van der Waals surface area contributed by atoms with E-state index in [2.05, 4.69) is 41.5 Å². The van der Waals surface area contributed by atoms with Crippen LogP contribution in [0.1, 0.15) is 92.9 Å². The molecule has 27 heavy (non-hydrogen) atoms. The minimum atomic E-state index is -1.38. The minimum Gasteiger partial charge on any atom is -0.360 e. The van der Waals surface area contributed by atoms with E-state index in [0.29, 0.717) is 13.2 Å². The highest BCUT2D eigenvalue weighted by molar-refractivity contribution is 6.61. The Morgan fingerprint density at radius 1 is 0.593 bits per heavy atom. The molecule has 0 atom stereocenters. The van der Waals surface area contributed by atoms with E-state index in [9.17, 15) is 0 Å². The van der Waals surface area contributed by atoms with Gasteiger partial charge in [-0.25, -0.2) is 0 Å². The van der Waals surface area contributed by atoms with Crippen molar-refractivity contribution in [2.24, 2.45) is 0 Å². The maximum atomic E-state index is 6.57. The maximum Gasteiger partial charge on any atom is 0.363 e. The largest absolute Gasteiger partial charge is 0.363 e. The van der Waals surface area contributed by atoms with Crippen LogP contribution in [0.15, 0.2) is 0 Å². The number of unbranched alkanes of at least 4 members (excludes halogenated alkanes) is 4. The third-order valence-electron chi connectivity index (χ3n) is 5.07. The van der Waals surface area contributed by atoms with E-state index in [4.69, 9.17) is 18.9 Å². The molecule has 0 aromatic carbocycles. The van der Waals surface area contributed by atoms with Crippen molar-refractivity contribution in [3.05, 3.63) is 0 Å². The van der Waals surface area contributed by atoms with Crippen molar-refractivity contribution in [2.45, 2.75) is 114 Å². The zero-order chi connectivity index (χ0) is 20.4. The van der Waals surface area contributed by atoms with Crippen LogP contribution in [-0.4, -0.2) is 51.5 Å². The standard InChI is InChI=1S/C18H37O4.2C2H5.Al/c1-5-9-13-19-17(20-14-10-6-2)18(21-15-11-7-3)22-16-12-8-4;2*1-2;/h17H,5-16H2,1-4H3;2*1H2,2H3;. The van der Waals surface area contributed by atoms with Crippen molar-refractivity contribution < 1.29 is 18.9 Å². The van der Waals surface area contributed by atoms with Gasteiger partial charge < -0.3 is 18.9 Å². The lowest BCUT2D eigenvalue weighted by atomic mass is 10.3. The number of rotatable bonds is 20. The molecular formula is C22H47AlO4. The highest BCUT2D eigenvalue weighted by Crippen LogP contribution is 2.31. The second kappa shape index (κ2) is 18.4. The highest BCUT2D eigenvalue weighted by atomic mass is 27.2. The Bertz CT molecular complexity index is 291. The van der Waals surface area contributed by atoms with Crippen LogP contribution >= 0.6 is 0 Å². The van der Waals surface area contributed by atoms with Crippen LogP contribution in [0, 0.1) is 0 Å². The lowest BCUT2D eigenvalue weighted by molar-refractivity contribution is -0.316. The molecule has 162 valence electrons. The summed E-state index contributed by atoms with van der Waals surface area (Å²) >= 11 is -1.38. The summed E-state index contributed by atoms with van der Waals surface area (Å²) in [4.78, 5) is 0. The predicted octanol–water partition coefficient (Wildman–Crippen LogP) is 6.35. The third-order valence-corrected chi connectivity index (χ3v) is 8.78. The van der Waals surface area contributed by atoms with Gasteiger partial charge in [-0.1, -0.05) is 77.8 Å². The Balaban J connectivity index is 5.59. The van der Waals surface area contributed by atoms with Crippen LogP contribution in [-0.2, 0) is 18.9 Å². The van der Waals surface area contributed by atoms with Crippen LogP contribution in [0.25, 0.3) is 0 Å². The van der Waals surface area contributed by atoms with Crippen LogP contribution < -0.4 is 0 Å². The summed E-state index contributed by atoms with van der Waals surface area (Å²) in [6.45, 7) is 16.2.